The van der Waals surface area contributed by atoms with Gasteiger partial charge in [-0.1, -0.05) is 18.2 Å². The van der Waals surface area contributed by atoms with Gasteiger partial charge in [-0.05, 0) is 25.5 Å². The lowest BCUT2D eigenvalue weighted by molar-refractivity contribution is 0.770. The fourth-order valence-corrected chi connectivity index (χ4v) is 1.53. The van der Waals surface area contributed by atoms with Crippen LogP contribution in [0.4, 0.5) is 5.95 Å². The number of unbranched alkanes of at least 4 members (excludes halogenated alkanes) is 1. The number of nitrogens with two attached hydrogens (primary N) is 1. The van der Waals surface area contributed by atoms with Gasteiger partial charge in [-0.3, -0.25) is 0 Å². The number of nitrogens with zero attached hydrogens (tertiary/aromatic N) is 2. The van der Waals surface area contributed by atoms with Crippen molar-refractivity contribution >= 4 is 16.9 Å². The highest BCUT2D eigenvalue weighted by atomic mass is 15.1. The molecule has 1 heterocycles. The molecule has 0 aliphatic carbocycles. The predicted molar refractivity (Wildman–Crippen MR) is 66.3 cm³/mol. The zero-order valence-electron chi connectivity index (χ0n) is 9.19. The second-order valence-electron chi connectivity index (χ2n) is 3.67. The summed E-state index contributed by atoms with van der Waals surface area (Å²) in [6.45, 7) is 1.61. The van der Waals surface area contributed by atoms with Gasteiger partial charge in [0.2, 0.25) is 5.95 Å². The van der Waals surface area contributed by atoms with E-state index < -0.39 is 0 Å². The van der Waals surface area contributed by atoms with Crippen LogP contribution in [-0.4, -0.2) is 23.1 Å². The molecule has 0 amide bonds. The minimum Gasteiger partial charge on any atom is -0.354 e. The van der Waals surface area contributed by atoms with Crippen LogP contribution in [-0.2, 0) is 0 Å². The van der Waals surface area contributed by atoms with Crippen LogP contribution in [0.3, 0.4) is 0 Å². The molecule has 0 fully saturated rings. The van der Waals surface area contributed by atoms with Crippen LogP contribution in [0.2, 0.25) is 0 Å². The quantitative estimate of drug-likeness (QED) is 0.748. The molecule has 4 nitrogen and oxygen atoms in total. The number of hydrogen-bond donors (Lipinski definition) is 2. The van der Waals surface area contributed by atoms with Crippen molar-refractivity contribution in [1.29, 1.82) is 0 Å². The molecule has 4 heteroatoms. The third-order valence-corrected chi connectivity index (χ3v) is 2.40. The molecule has 84 valence electrons. The van der Waals surface area contributed by atoms with Crippen molar-refractivity contribution in [2.75, 3.05) is 18.4 Å². The summed E-state index contributed by atoms with van der Waals surface area (Å²) in [7, 11) is 0. The van der Waals surface area contributed by atoms with Gasteiger partial charge in [-0.2, -0.15) is 0 Å². The van der Waals surface area contributed by atoms with E-state index in [-0.39, 0.29) is 0 Å². The van der Waals surface area contributed by atoms with E-state index in [0.717, 1.165) is 36.8 Å². The average Bonchev–Trinajstić information content (AvgIpc) is 2.34. The molecule has 0 aliphatic rings. The number of benzene rings is 1. The second kappa shape index (κ2) is 5.42. The second-order valence-corrected chi connectivity index (χ2v) is 3.67. The molecule has 0 saturated carbocycles. The van der Waals surface area contributed by atoms with E-state index in [0.29, 0.717) is 5.95 Å². The molecule has 0 atom stereocenters. The van der Waals surface area contributed by atoms with Gasteiger partial charge in [-0.25, -0.2) is 9.97 Å². The molecule has 1 aromatic heterocycles. The van der Waals surface area contributed by atoms with Crippen molar-refractivity contribution < 1.29 is 0 Å². The van der Waals surface area contributed by atoms with E-state index in [1.165, 1.54) is 0 Å². The summed E-state index contributed by atoms with van der Waals surface area (Å²) in [5.74, 6) is 0.690. The van der Waals surface area contributed by atoms with Crippen molar-refractivity contribution in [3.05, 3.63) is 30.5 Å². The molecule has 0 aliphatic heterocycles. The highest BCUT2D eigenvalue weighted by molar-refractivity contribution is 5.78. The molecule has 3 N–H and O–H groups in total. The van der Waals surface area contributed by atoms with E-state index >= 15 is 0 Å². The zero-order valence-corrected chi connectivity index (χ0v) is 9.19. The molecular weight excluding hydrogens is 200 g/mol. The van der Waals surface area contributed by atoms with Crippen LogP contribution in [0.5, 0.6) is 0 Å². The molecule has 1 aromatic carbocycles. The fourth-order valence-electron chi connectivity index (χ4n) is 1.53. The predicted octanol–water partition coefficient (Wildman–Crippen LogP) is 1.78. The Bertz CT molecular complexity index is 455. The van der Waals surface area contributed by atoms with Gasteiger partial charge in [0.05, 0.1) is 5.52 Å². The van der Waals surface area contributed by atoms with E-state index in [9.17, 15) is 0 Å². The van der Waals surface area contributed by atoms with Crippen molar-refractivity contribution in [2.24, 2.45) is 5.73 Å². The summed E-state index contributed by atoms with van der Waals surface area (Å²) < 4.78 is 0. The maximum Gasteiger partial charge on any atom is 0.223 e. The molecule has 0 unspecified atom stereocenters. The molecule has 0 saturated heterocycles. The fraction of sp³-hybridized carbons (Fsp3) is 0.333. The van der Waals surface area contributed by atoms with Gasteiger partial charge in [0.25, 0.3) is 0 Å². The molecular formula is C12H16N4. The SMILES string of the molecule is NCCCCNc1ncc2ccccc2n1. The van der Waals surface area contributed by atoms with E-state index in [4.69, 9.17) is 5.73 Å². The zero-order chi connectivity index (χ0) is 11.2. The van der Waals surface area contributed by atoms with E-state index in [1.807, 2.05) is 30.5 Å². The first kappa shape index (κ1) is 10.8. The van der Waals surface area contributed by atoms with Crippen LogP contribution in [0.15, 0.2) is 30.5 Å². The topological polar surface area (TPSA) is 63.8 Å². The Morgan fingerprint density at radius 2 is 2.06 bits per heavy atom. The van der Waals surface area contributed by atoms with Gasteiger partial charge in [-0.15, -0.1) is 0 Å². The first-order chi connectivity index (χ1) is 7.90. The number of rotatable bonds is 5. The Balaban J connectivity index is 2.02. The van der Waals surface area contributed by atoms with Crippen molar-refractivity contribution in [3.8, 4) is 0 Å². The van der Waals surface area contributed by atoms with Crippen molar-refractivity contribution in [3.63, 3.8) is 0 Å². The molecule has 0 radical (unpaired) electrons. The average molecular weight is 216 g/mol. The van der Waals surface area contributed by atoms with Gasteiger partial charge < -0.3 is 11.1 Å². The third-order valence-electron chi connectivity index (χ3n) is 2.40. The number of nitrogens with one attached hydrogen (secondary N) is 1. The normalized spacial score (nSPS) is 10.6. The Labute approximate surface area is 94.9 Å². The third kappa shape index (κ3) is 2.67. The Hall–Kier alpha value is -1.68. The summed E-state index contributed by atoms with van der Waals surface area (Å²) in [5, 5.41) is 4.26. The molecule has 16 heavy (non-hydrogen) atoms. The van der Waals surface area contributed by atoms with Crippen molar-refractivity contribution in [2.45, 2.75) is 12.8 Å². The highest BCUT2D eigenvalue weighted by Crippen LogP contribution is 2.11. The highest BCUT2D eigenvalue weighted by Gasteiger charge is 1.97. The number of fused-ring (bicyclic) bond motifs is 1. The van der Waals surface area contributed by atoms with E-state index in [2.05, 4.69) is 15.3 Å². The summed E-state index contributed by atoms with van der Waals surface area (Å²) >= 11 is 0. The first-order valence-corrected chi connectivity index (χ1v) is 5.56. The maximum atomic E-state index is 5.42. The first-order valence-electron chi connectivity index (χ1n) is 5.56. The Morgan fingerprint density at radius 1 is 1.19 bits per heavy atom. The van der Waals surface area contributed by atoms with Crippen molar-refractivity contribution in [1.82, 2.24) is 9.97 Å². The maximum absolute atomic E-state index is 5.42. The van der Waals surface area contributed by atoms with E-state index in [1.54, 1.807) is 0 Å². The molecule has 0 spiro atoms. The van der Waals surface area contributed by atoms with Crippen LogP contribution in [0, 0.1) is 0 Å². The lowest BCUT2D eigenvalue weighted by atomic mass is 10.2. The van der Waals surface area contributed by atoms with Crippen LogP contribution >= 0.6 is 0 Å². The summed E-state index contributed by atoms with van der Waals surface area (Å²) in [5.41, 5.74) is 6.39. The summed E-state index contributed by atoms with van der Waals surface area (Å²) in [6, 6.07) is 7.96. The van der Waals surface area contributed by atoms with Gasteiger partial charge in [0.1, 0.15) is 0 Å². The lowest BCUT2D eigenvalue weighted by Gasteiger charge is -2.04. The largest absolute Gasteiger partial charge is 0.354 e. The number of anilines is 1. The molecule has 0 bridgehead atoms. The van der Waals surface area contributed by atoms with Gasteiger partial charge in [0, 0.05) is 18.1 Å². The summed E-state index contributed by atoms with van der Waals surface area (Å²) in [6.07, 6.45) is 3.92. The summed E-state index contributed by atoms with van der Waals surface area (Å²) in [4.78, 5) is 8.67. The number of aromatic nitrogens is 2. The van der Waals surface area contributed by atoms with Crippen LogP contribution in [0.1, 0.15) is 12.8 Å². The smallest absolute Gasteiger partial charge is 0.223 e. The standard InChI is InChI=1S/C12H16N4/c13-7-3-4-8-14-12-15-9-10-5-1-2-6-11(10)16-12/h1-2,5-6,9H,3-4,7-8,13H2,(H,14,15,16). The number of para-hydroxylation sites is 1. The van der Waals surface area contributed by atoms with Crippen LogP contribution < -0.4 is 11.1 Å². The lowest BCUT2D eigenvalue weighted by Crippen LogP contribution is -2.07. The monoisotopic (exact) mass is 216 g/mol. The molecule has 2 rings (SSSR count). The Kier molecular flexibility index (Phi) is 3.66. The van der Waals surface area contributed by atoms with Gasteiger partial charge in [0.15, 0.2) is 0 Å². The number of hydrogen-bond acceptors (Lipinski definition) is 4. The minimum atomic E-state index is 0.690. The minimum absolute atomic E-state index is 0.690. The molecule has 2 aromatic rings. The van der Waals surface area contributed by atoms with Gasteiger partial charge >= 0.3 is 0 Å². The van der Waals surface area contributed by atoms with Crippen LogP contribution in [0.25, 0.3) is 10.9 Å². The Morgan fingerprint density at radius 3 is 2.94 bits per heavy atom.